The number of benzene rings is 1. The monoisotopic (exact) mass is 257 g/mol. The van der Waals surface area contributed by atoms with E-state index in [0.717, 1.165) is 11.1 Å². The zero-order valence-electron chi connectivity index (χ0n) is 10.7. The zero-order chi connectivity index (χ0) is 14.4. The minimum Gasteiger partial charge on any atom is -0.378 e. The standard InChI is InChI=1S/C12H11N3O2.C2H4/c1-8-10(9-5-3-2-4-6-9)7-14-12(13)11(8)15(16)17;1-2/h2-7H,1H3,(H2,13,14);1-2H2. The van der Waals surface area contributed by atoms with Gasteiger partial charge in [-0.05, 0) is 12.5 Å². The number of nitrogen functional groups attached to an aromatic ring is 1. The maximum absolute atomic E-state index is 10.9. The molecule has 2 N–H and O–H groups in total. The van der Waals surface area contributed by atoms with Crippen molar-refractivity contribution in [1.82, 2.24) is 4.98 Å². The van der Waals surface area contributed by atoms with Gasteiger partial charge in [-0.2, -0.15) is 0 Å². The van der Waals surface area contributed by atoms with Gasteiger partial charge >= 0.3 is 5.69 Å². The molecule has 0 aliphatic heterocycles. The second kappa shape index (κ2) is 6.30. The lowest BCUT2D eigenvalue weighted by atomic mass is 10.0. The third-order valence-electron chi connectivity index (χ3n) is 2.60. The number of hydrogen-bond acceptors (Lipinski definition) is 4. The van der Waals surface area contributed by atoms with E-state index >= 15 is 0 Å². The van der Waals surface area contributed by atoms with Gasteiger partial charge in [0, 0.05) is 17.3 Å². The molecule has 1 aromatic heterocycles. The van der Waals surface area contributed by atoms with Crippen molar-refractivity contribution in [1.29, 1.82) is 0 Å². The lowest BCUT2D eigenvalue weighted by Crippen LogP contribution is -2.02. The minimum atomic E-state index is -0.496. The second-order valence-electron chi connectivity index (χ2n) is 3.65. The van der Waals surface area contributed by atoms with Gasteiger partial charge in [-0.1, -0.05) is 30.3 Å². The van der Waals surface area contributed by atoms with Crippen molar-refractivity contribution < 1.29 is 4.92 Å². The van der Waals surface area contributed by atoms with E-state index in [-0.39, 0.29) is 11.5 Å². The number of nitrogens with two attached hydrogens (primary N) is 1. The van der Waals surface area contributed by atoms with Crippen molar-refractivity contribution in [2.24, 2.45) is 0 Å². The first-order valence-electron chi connectivity index (χ1n) is 5.56. The van der Waals surface area contributed by atoms with Crippen molar-refractivity contribution in [3.8, 4) is 11.1 Å². The maximum atomic E-state index is 10.9. The summed E-state index contributed by atoms with van der Waals surface area (Å²) >= 11 is 0. The van der Waals surface area contributed by atoms with E-state index in [9.17, 15) is 10.1 Å². The van der Waals surface area contributed by atoms with E-state index in [1.54, 1.807) is 13.1 Å². The van der Waals surface area contributed by atoms with E-state index in [1.807, 2.05) is 30.3 Å². The molecular formula is C14H15N3O2. The number of pyridine rings is 1. The van der Waals surface area contributed by atoms with Crippen LogP contribution in [0.4, 0.5) is 11.5 Å². The molecular weight excluding hydrogens is 242 g/mol. The molecule has 0 radical (unpaired) electrons. The van der Waals surface area contributed by atoms with Crippen LogP contribution in [0.3, 0.4) is 0 Å². The van der Waals surface area contributed by atoms with Crippen LogP contribution in [-0.2, 0) is 0 Å². The fourth-order valence-electron chi connectivity index (χ4n) is 1.75. The zero-order valence-corrected chi connectivity index (χ0v) is 10.7. The molecule has 0 saturated heterocycles. The Morgan fingerprint density at radius 3 is 2.37 bits per heavy atom. The Balaban J connectivity index is 0.000000861. The highest BCUT2D eigenvalue weighted by Gasteiger charge is 2.20. The first kappa shape index (κ1) is 14.4. The van der Waals surface area contributed by atoms with Crippen LogP contribution in [0.25, 0.3) is 11.1 Å². The first-order chi connectivity index (χ1) is 9.11. The molecule has 2 aromatic rings. The Labute approximate surface area is 111 Å². The Hall–Kier alpha value is -2.69. The predicted molar refractivity (Wildman–Crippen MR) is 76.7 cm³/mol. The third kappa shape index (κ3) is 2.95. The molecule has 0 unspecified atom stereocenters. The van der Waals surface area contributed by atoms with E-state index in [2.05, 4.69) is 18.1 Å². The predicted octanol–water partition coefficient (Wildman–Crippen LogP) is 3.35. The number of rotatable bonds is 2. The molecule has 0 spiro atoms. The first-order valence-corrected chi connectivity index (χ1v) is 5.56. The molecule has 0 atom stereocenters. The summed E-state index contributed by atoms with van der Waals surface area (Å²) in [5, 5.41) is 10.9. The Bertz CT molecular complexity index is 583. The summed E-state index contributed by atoms with van der Waals surface area (Å²) < 4.78 is 0. The molecule has 1 aromatic carbocycles. The quantitative estimate of drug-likeness (QED) is 0.508. The molecule has 0 saturated carbocycles. The Morgan fingerprint density at radius 2 is 1.84 bits per heavy atom. The molecule has 0 aliphatic rings. The molecule has 5 heteroatoms. The van der Waals surface area contributed by atoms with Crippen molar-refractivity contribution in [2.45, 2.75) is 6.92 Å². The highest BCUT2D eigenvalue weighted by Crippen LogP contribution is 2.32. The SMILES string of the molecule is C=C.Cc1c(-c2ccccc2)cnc(N)c1[N+](=O)[O-]. The molecule has 5 nitrogen and oxygen atoms in total. The van der Waals surface area contributed by atoms with Crippen LogP contribution < -0.4 is 5.73 Å². The summed E-state index contributed by atoms with van der Waals surface area (Å²) in [6.07, 6.45) is 1.56. The molecule has 2 rings (SSSR count). The number of hydrogen-bond donors (Lipinski definition) is 1. The average Bonchev–Trinajstić information content (AvgIpc) is 2.42. The smallest absolute Gasteiger partial charge is 0.314 e. The van der Waals surface area contributed by atoms with Crippen molar-refractivity contribution in [3.63, 3.8) is 0 Å². The van der Waals surface area contributed by atoms with Gasteiger partial charge in [-0.25, -0.2) is 4.98 Å². The van der Waals surface area contributed by atoms with E-state index in [0.29, 0.717) is 5.56 Å². The van der Waals surface area contributed by atoms with Crippen molar-refractivity contribution >= 4 is 11.5 Å². The molecule has 98 valence electrons. The summed E-state index contributed by atoms with van der Waals surface area (Å²) in [5.74, 6) is -0.0489. The summed E-state index contributed by atoms with van der Waals surface area (Å²) in [4.78, 5) is 14.3. The van der Waals surface area contributed by atoms with Gasteiger partial charge in [-0.3, -0.25) is 10.1 Å². The molecule has 0 aliphatic carbocycles. The van der Waals surface area contributed by atoms with Crippen LogP contribution >= 0.6 is 0 Å². The summed E-state index contributed by atoms with van der Waals surface area (Å²) in [6.45, 7) is 7.68. The summed E-state index contributed by atoms with van der Waals surface area (Å²) in [5.41, 5.74) is 7.55. The number of nitro groups is 1. The van der Waals surface area contributed by atoms with Crippen LogP contribution in [-0.4, -0.2) is 9.91 Å². The lowest BCUT2D eigenvalue weighted by molar-refractivity contribution is -0.384. The van der Waals surface area contributed by atoms with Gasteiger partial charge in [0.15, 0.2) is 0 Å². The Morgan fingerprint density at radius 1 is 1.26 bits per heavy atom. The highest BCUT2D eigenvalue weighted by atomic mass is 16.6. The van der Waals surface area contributed by atoms with Crippen LogP contribution in [0.2, 0.25) is 0 Å². The van der Waals surface area contributed by atoms with Gasteiger partial charge in [0.1, 0.15) is 0 Å². The Kier molecular flexibility index (Phi) is 4.76. The molecule has 0 amide bonds. The fraction of sp³-hybridized carbons (Fsp3) is 0.0714. The molecule has 1 heterocycles. The van der Waals surface area contributed by atoms with Crippen LogP contribution in [0.1, 0.15) is 5.56 Å². The van der Waals surface area contributed by atoms with Gasteiger partial charge in [0.05, 0.1) is 4.92 Å². The number of anilines is 1. The van der Waals surface area contributed by atoms with Crippen molar-refractivity contribution in [2.75, 3.05) is 5.73 Å². The minimum absolute atomic E-state index is 0.0489. The molecule has 0 bridgehead atoms. The van der Waals surface area contributed by atoms with Crippen LogP contribution in [0, 0.1) is 17.0 Å². The second-order valence-corrected chi connectivity index (χ2v) is 3.65. The van der Waals surface area contributed by atoms with E-state index < -0.39 is 4.92 Å². The van der Waals surface area contributed by atoms with Crippen LogP contribution in [0.15, 0.2) is 49.7 Å². The van der Waals surface area contributed by atoms with E-state index in [4.69, 9.17) is 5.73 Å². The van der Waals surface area contributed by atoms with Gasteiger partial charge in [0.2, 0.25) is 5.82 Å². The van der Waals surface area contributed by atoms with Gasteiger partial charge in [0.25, 0.3) is 0 Å². The normalized spacial score (nSPS) is 9.32. The fourth-order valence-corrected chi connectivity index (χ4v) is 1.75. The van der Waals surface area contributed by atoms with Crippen molar-refractivity contribution in [3.05, 3.63) is 65.4 Å². The van der Waals surface area contributed by atoms with Gasteiger partial charge < -0.3 is 5.73 Å². The number of nitrogens with zero attached hydrogens (tertiary/aromatic N) is 2. The maximum Gasteiger partial charge on any atom is 0.314 e. The average molecular weight is 257 g/mol. The van der Waals surface area contributed by atoms with Gasteiger partial charge in [-0.15, -0.1) is 13.2 Å². The topological polar surface area (TPSA) is 82.0 Å². The van der Waals surface area contributed by atoms with Crippen LogP contribution in [0.5, 0.6) is 0 Å². The summed E-state index contributed by atoms with van der Waals surface area (Å²) in [7, 11) is 0. The molecule has 19 heavy (non-hydrogen) atoms. The molecule has 0 fully saturated rings. The largest absolute Gasteiger partial charge is 0.378 e. The number of aromatic nitrogens is 1. The third-order valence-corrected chi connectivity index (χ3v) is 2.60. The van der Waals surface area contributed by atoms with E-state index in [1.165, 1.54) is 0 Å². The summed E-state index contributed by atoms with van der Waals surface area (Å²) in [6, 6.07) is 9.39. The lowest BCUT2D eigenvalue weighted by Gasteiger charge is -2.07. The highest BCUT2D eigenvalue weighted by molar-refractivity contribution is 5.74.